The predicted octanol–water partition coefficient (Wildman–Crippen LogP) is 2.99. The maximum atomic E-state index is 13.5. The van der Waals surface area contributed by atoms with Crippen LogP contribution in [0.2, 0.25) is 0 Å². The van der Waals surface area contributed by atoms with Crippen molar-refractivity contribution in [3.8, 4) is 0 Å². The number of amides is 1. The lowest BCUT2D eigenvalue weighted by atomic mass is 10.1. The fraction of sp³-hybridized carbons (Fsp3) is 0.286. The fourth-order valence-corrected chi connectivity index (χ4v) is 2.85. The molecule has 0 bridgehead atoms. The van der Waals surface area contributed by atoms with E-state index in [2.05, 4.69) is 20.4 Å². The van der Waals surface area contributed by atoms with Crippen molar-refractivity contribution in [3.63, 3.8) is 0 Å². The van der Waals surface area contributed by atoms with E-state index < -0.39 is 17.7 Å². The lowest BCUT2D eigenvalue weighted by Crippen LogP contribution is -2.36. The molecule has 3 rings (SSSR count). The summed E-state index contributed by atoms with van der Waals surface area (Å²) < 4.78 is 23.7. The van der Waals surface area contributed by atoms with Crippen LogP contribution in [0.4, 0.5) is 10.1 Å². The first-order chi connectivity index (χ1) is 14.0. The van der Waals surface area contributed by atoms with Crippen LogP contribution in [0.15, 0.2) is 53.5 Å². The molecule has 1 aliphatic rings. The van der Waals surface area contributed by atoms with Crippen LogP contribution in [0, 0.1) is 5.82 Å². The molecular weight excluding hydrogens is 377 g/mol. The number of methoxy groups -OCH3 is 1. The number of carbonyl (C=O) groups excluding carboxylic acids is 2. The molecule has 1 aliphatic heterocycles. The second kappa shape index (κ2) is 9.79. The Hall–Kier alpha value is -3.26. The number of nitrogens with zero attached hydrogens (tertiary/aromatic N) is 1. The minimum atomic E-state index is -0.483. The monoisotopic (exact) mass is 399 g/mol. The third-order valence-corrected chi connectivity index (χ3v) is 4.36. The summed E-state index contributed by atoms with van der Waals surface area (Å²) in [6.07, 6.45) is 1.88. The van der Waals surface area contributed by atoms with Gasteiger partial charge in [0, 0.05) is 17.9 Å². The van der Waals surface area contributed by atoms with Crippen molar-refractivity contribution in [3.05, 3.63) is 65.5 Å². The highest BCUT2D eigenvalue weighted by Crippen LogP contribution is 2.13. The molecule has 29 heavy (non-hydrogen) atoms. The summed E-state index contributed by atoms with van der Waals surface area (Å²) in [5.41, 5.74) is 1.13. The van der Waals surface area contributed by atoms with Crippen LogP contribution in [0.25, 0.3) is 0 Å². The second-order valence-electron chi connectivity index (χ2n) is 6.48. The van der Waals surface area contributed by atoms with Gasteiger partial charge in [0.15, 0.2) is 0 Å². The summed E-state index contributed by atoms with van der Waals surface area (Å²) in [5.74, 6) is -1.12. The van der Waals surface area contributed by atoms with Crippen molar-refractivity contribution in [1.82, 2.24) is 5.32 Å². The van der Waals surface area contributed by atoms with E-state index in [0.29, 0.717) is 30.0 Å². The molecule has 2 aromatic carbocycles. The van der Waals surface area contributed by atoms with E-state index in [1.165, 1.54) is 43.5 Å². The van der Waals surface area contributed by atoms with E-state index in [0.717, 1.165) is 12.8 Å². The number of carbonyl (C=O) groups is 2. The number of nitrogens with one attached hydrogen (secondary N) is 2. The molecule has 0 saturated carbocycles. The Labute approximate surface area is 167 Å². The van der Waals surface area contributed by atoms with Crippen molar-refractivity contribution in [1.29, 1.82) is 0 Å². The van der Waals surface area contributed by atoms with Gasteiger partial charge in [-0.15, -0.1) is 0 Å². The molecule has 152 valence electrons. The van der Waals surface area contributed by atoms with Crippen molar-refractivity contribution in [2.45, 2.75) is 18.9 Å². The molecule has 1 fully saturated rings. The largest absolute Gasteiger partial charge is 0.465 e. The number of ether oxygens (including phenoxy) is 2. The van der Waals surface area contributed by atoms with Crippen molar-refractivity contribution < 1.29 is 23.5 Å². The molecule has 0 spiro atoms. The highest BCUT2D eigenvalue weighted by molar-refractivity contribution is 6.10. The molecule has 1 heterocycles. The predicted molar refractivity (Wildman–Crippen MR) is 107 cm³/mol. The summed E-state index contributed by atoms with van der Waals surface area (Å²) >= 11 is 0. The standard InChI is InChI=1S/C21H22FN3O4/c1-28-20(27)15-9-7-14(8-10-15)19(26)25-21(23-13-18-6-3-11-29-18)24-17-5-2-4-16(22)12-17/h2,4-5,7-10,12,18H,3,6,11,13H2,1H3,(H2,23,24,25,26)/t18-/m1/s1. The van der Waals surface area contributed by atoms with E-state index in [-0.39, 0.29) is 12.1 Å². The lowest BCUT2D eigenvalue weighted by molar-refractivity contribution is 0.0600. The summed E-state index contributed by atoms with van der Waals surface area (Å²) in [6, 6.07) is 11.9. The zero-order valence-electron chi connectivity index (χ0n) is 16.0. The van der Waals surface area contributed by atoms with Crippen molar-refractivity contribution in [2.75, 3.05) is 25.6 Å². The Morgan fingerprint density at radius 1 is 1.21 bits per heavy atom. The molecule has 1 atom stereocenters. The number of aliphatic imine (C=N–C) groups is 1. The van der Waals surface area contributed by atoms with Crippen molar-refractivity contribution >= 4 is 23.5 Å². The van der Waals surface area contributed by atoms with Crippen LogP contribution in [0.3, 0.4) is 0 Å². The minimum Gasteiger partial charge on any atom is -0.465 e. The van der Waals surface area contributed by atoms with Crippen LogP contribution in [-0.2, 0) is 9.47 Å². The molecule has 2 N–H and O–H groups in total. The lowest BCUT2D eigenvalue weighted by Gasteiger charge is -2.13. The second-order valence-corrected chi connectivity index (χ2v) is 6.48. The zero-order chi connectivity index (χ0) is 20.6. The number of guanidine groups is 1. The maximum absolute atomic E-state index is 13.5. The normalized spacial score (nSPS) is 16.3. The number of rotatable bonds is 5. The quantitative estimate of drug-likeness (QED) is 0.458. The SMILES string of the molecule is COC(=O)c1ccc(C(=O)NC(=NC[C@H]2CCCO2)Nc2cccc(F)c2)cc1. The molecule has 2 aromatic rings. The van der Waals surface area contributed by atoms with Gasteiger partial charge in [0.1, 0.15) is 5.82 Å². The van der Waals surface area contributed by atoms with E-state index in [9.17, 15) is 14.0 Å². The molecule has 8 heteroatoms. The number of hydrogen-bond donors (Lipinski definition) is 2. The Kier molecular flexibility index (Phi) is 6.91. The number of hydrogen-bond acceptors (Lipinski definition) is 5. The van der Waals surface area contributed by atoms with Crippen LogP contribution < -0.4 is 10.6 Å². The van der Waals surface area contributed by atoms with Gasteiger partial charge in [0.05, 0.1) is 25.3 Å². The molecule has 7 nitrogen and oxygen atoms in total. The molecule has 1 amide bonds. The first-order valence-electron chi connectivity index (χ1n) is 9.23. The van der Waals surface area contributed by atoms with Gasteiger partial charge in [-0.05, 0) is 55.3 Å². The Bertz CT molecular complexity index is 893. The van der Waals surface area contributed by atoms with Gasteiger partial charge in [-0.3, -0.25) is 10.1 Å². The van der Waals surface area contributed by atoms with Gasteiger partial charge in [-0.25, -0.2) is 14.2 Å². The van der Waals surface area contributed by atoms with E-state index >= 15 is 0 Å². The van der Waals surface area contributed by atoms with Gasteiger partial charge in [-0.2, -0.15) is 0 Å². The molecule has 0 unspecified atom stereocenters. The first-order valence-corrected chi connectivity index (χ1v) is 9.23. The van der Waals surface area contributed by atoms with Crippen LogP contribution in [0.5, 0.6) is 0 Å². The Morgan fingerprint density at radius 2 is 1.97 bits per heavy atom. The van der Waals surface area contributed by atoms with Crippen molar-refractivity contribution in [2.24, 2.45) is 4.99 Å². The summed E-state index contributed by atoms with van der Waals surface area (Å²) in [6.45, 7) is 1.07. The first kappa shape index (κ1) is 20.5. The topological polar surface area (TPSA) is 89.0 Å². The van der Waals surface area contributed by atoms with Gasteiger partial charge in [-0.1, -0.05) is 6.07 Å². The van der Waals surface area contributed by atoms with E-state index in [1.54, 1.807) is 12.1 Å². The average molecular weight is 399 g/mol. The third kappa shape index (κ3) is 5.86. The number of esters is 1. The third-order valence-electron chi connectivity index (χ3n) is 4.36. The van der Waals surface area contributed by atoms with Crippen LogP contribution in [-0.4, -0.2) is 44.2 Å². The van der Waals surface area contributed by atoms with Gasteiger partial charge in [0.2, 0.25) is 5.96 Å². The van der Waals surface area contributed by atoms with Gasteiger partial charge in [0.25, 0.3) is 5.91 Å². The molecular formula is C21H22FN3O4. The van der Waals surface area contributed by atoms with Gasteiger partial charge < -0.3 is 14.8 Å². The number of anilines is 1. The fourth-order valence-electron chi connectivity index (χ4n) is 2.85. The smallest absolute Gasteiger partial charge is 0.337 e. The van der Waals surface area contributed by atoms with E-state index in [1.807, 2.05) is 0 Å². The minimum absolute atomic E-state index is 0.00412. The highest BCUT2D eigenvalue weighted by atomic mass is 19.1. The Morgan fingerprint density at radius 3 is 2.62 bits per heavy atom. The Balaban J connectivity index is 1.73. The van der Waals surface area contributed by atoms with Gasteiger partial charge >= 0.3 is 5.97 Å². The summed E-state index contributed by atoms with van der Waals surface area (Å²) in [5, 5.41) is 5.63. The number of halogens is 1. The zero-order valence-corrected chi connectivity index (χ0v) is 16.0. The molecule has 0 aliphatic carbocycles. The highest BCUT2D eigenvalue weighted by Gasteiger charge is 2.16. The molecule has 1 saturated heterocycles. The average Bonchev–Trinajstić information content (AvgIpc) is 3.25. The van der Waals surface area contributed by atoms with Crippen LogP contribution in [0.1, 0.15) is 33.6 Å². The van der Waals surface area contributed by atoms with E-state index in [4.69, 9.17) is 4.74 Å². The number of benzene rings is 2. The summed E-state index contributed by atoms with van der Waals surface area (Å²) in [7, 11) is 1.29. The maximum Gasteiger partial charge on any atom is 0.337 e. The molecule has 0 radical (unpaired) electrons. The molecule has 0 aromatic heterocycles. The summed E-state index contributed by atoms with van der Waals surface area (Å²) in [4.78, 5) is 28.5. The van der Waals surface area contributed by atoms with Crippen LogP contribution >= 0.6 is 0 Å².